The molecule has 104 valence electrons. The number of carboxylic acid groups (broad SMARTS) is 1. The number of aryl methyl sites for hydroxylation is 1. The van der Waals surface area contributed by atoms with Gasteiger partial charge in [0.1, 0.15) is 0 Å². The number of hydrogen-bond donors (Lipinski definition) is 2. The molecular weight excluding hydrogens is 270 g/mol. The van der Waals surface area contributed by atoms with Gasteiger partial charge in [-0.3, -0.25) is 9.59 Å². The minimum Gasteiger partial charge on any atom is -0.481 e. The maximum Gasteiger partial charge on any atom is 0.306 e. The highest BCUT2D eigenvalue weighted by molar-refractivity contribution is 6.31. The molecule has 0 spiro atoms. The molecule has 1 unspecified atom stereocenters. The molecule has 1 aromatic carbocycles. The molecule has 0 saturated heterocycles. The van der Waals surface area contributed by atoms with E-state index in [2.05, 4.69) is 5.32 Å². The van der Waals surface area contributed by atoms with Gasteiger partial charge in [-0.2, -0.15) is 0 Å². The molecule has 0 aliphatic carbocycles. The molecule has 0 bridgehead atoms. The van der Waals surface area contributed by atoms with Crippen LogP contribution in [0.25, 0.3) is 0 Å². The molecule has 0 saturated carbocycles. The Kier molecular flexibility index (Phi) is 5.79. The molecule has 1 rings (SSSR count). The zero-order valence-corrected chi connectivity index (χ0v) is 11.5. The first-order chi connectivity index (χ1) is 8.93. The molecule has 0 fully saturated rings. The molecule has 0 aliphatic rings. The highest BCUT2D eigenvalue weighted by Gasteiger charge is 2.14. The average Bonchev–Trinajstić information content (AvgIpc) is 2.36. The fraction of sp³-hybridized carbons (Fsp3) is 0.385. The van der Waals surface area contributed by atoms with Crippen molar-refractivity contribution in [1.82, 2.24) is 5.32 Å². The number of rotatable bonds is 6. The predicted octanol–water partition coefficient (Wildman–Crippen LogP) is 1.87. The van der Waals surface area contributed by atoms with E-state index < -0.39 is 12.1 Å². The first-order valence-corrected chi connectivity index (χ1v) is 6.10. The number of aliphatic carboxylic acids is 1. The molecule has 19 heavy (non-hydrogen) atoms. The van der Waals surface area contributed by atoms with Crippen LogP contribution in [0.5, 0.6) is 0 Å². The summed E-state index contributed by atoms with van der Waals surface area (Å²) in [7, 11) is 1.41. The van der Waals surface area contributed by atoms with Gasteiger partial charge in [-0.15, -0.1) is 0 Å². The van der Waals surface area contributed by atoms with Crippen molar-refractivity contribution in [3.63, 3.8) is 0 Å². The third-order valence-corrected chi connectivity index (χ3v) is 3.07. The van der Waals surface area contributed by atoms with E-state index in [1.165, 1.54) is 7.11 Å². The van der Waals surface area contributed by atoms with Crippen molar-refractivity contribution in [3.8, 4) is 0 Å². The van der Waals surface area contributed by atoms with E-state index in [1.807, 2.05) is 6.92 Å². The molecule has 0 aromatic heterocycles. The van der Waals surface area contributed by atoms with Gasteiger partial charge in [-0.1, -0.05) is 11.6 Å². The summed E-state index contributed by atoms with van der Waals surface area (Å²) in [6.07, 6.45) is -0.703. The maximum absolute atomic E-state index is 11.9. The van der Waals surface area contributed by atoms with Crippen LogP contribution in [-0.2, 0) is 9.53 Å². The van der Waals surface area contributed by atoms with E-state index in [0.717, 1.165) is 5.56 Å². The smallest absolute Gasteiger partial charge is 0.306 e. The maximum atomic E-state index is 11.9. The summed E-state index contributed by atoms with van der Waals surface area (Å²) in [4.78, 5) is 22.4. The number of halogens is 1. The van der Waals surface area contributed by atoms with Gasteiger partial charge in [0, 0.05) is 24.2 Å². The standard InChI is InChI=1S/C13H16ClNO4/c1-8-5-9(3-4-11(8)14)13(18)15-7-10(19-2)6-12(16)17/h3-5,10H,6-7H2,1-2H3,(H,15,18)(H,16,17). The van der Waals surface area contributed by atoms with Crippen LogP contribution in [0.4, 0.5) is 0 Å². The van der Waals surface area contributed by atoms with Crippen molar-refractivity contribution in [2.24, 2.45) is 0 Å². The van der Waals surface area contributed by atoms with Crippen LogP contribution in [0.15, 0.2) is 18.2 Å². The Morgan fingerprint density at radius 1 is 1.47 bits per heavy atom. The largest absolute Gasteiger partial charge is 0.481 e. The van der Waals surface area contributed by atoms with Crippen LogP contribution >= 0.6 is 11.6 Å². The number of carbonyl (C=O) groups excluding carboxylic acids is 1. The average molecular weight is 286 g/mol. The molecule has 1 atom stereocenters. The lowest BCUT2D eigenvalue weighted by Crippen LogP contribution is -2.34. The molecule has 0 heterocycles. The number of nitrogens with one attached hydrogen (secondary N) is 1. The number of methoxy groups -OCH3 is 1. The van der Waals surface area contributed by atoms with Gasteiger partial charge in [0.05, 0.1) is 12.5 Å². The molecule has 1 amide bonds. The van der Waals surface area contributed by atoms with E-state index in [4.69, 9.17) is 21.4 Å². The summed E-state index contributed by atoms with van der Waals surface area (Å²) in [6, 6.07) is 4.94. The van der Waals surface area contributed by atoms with Crippen LogP contribution in [0.3, 0.4) is 0 Å². The quantitative estimate of drug-likeness (QED) is 0.836. The second-order valence-corrected chi connectivity index (χ2v) is 4.54. The Labute approximate surface area is 116 Å². The number of benzene rings is 1. The number of carbonyl (C=O) groups is 2. The predicted molar refractivity (Wildman–Crippen MR) is 71.6 cm³/mol. The van der Waals surface area contributed by atoms with Gasteiger partial charge in [0.2, 0.25) is 0 Å². The van der Waals surface area contributed by atoms with Crippen molar-refractivity contribution < 1.29 is 19.4 Å². The summed E-state index contributed by atoms with van der Waals surface area (Å²) in [5.74, 6) is -1.25. The number of ether oxygens (including phenoxy) is 1. The fourth-order valence-corrected chi connectivity index (χ4v) is 1.65. The zero-order chi connectivity index (χ0) is 14.4. The minimum absolute atomic E-state index is 0.142. The molecule has 0 aliphatic heterocycles. The van der Waals surface area contributed by atoms with E-state index >= 15 is 0 Å². The van der Waals surface area contributed by atoms with Crippen molar-refractivity contribution >= 4 is 23.5 Å². The van der Waals surface area contributed by atoms with Crippen LogP contribution in [0, 0.1) is 6.92 Å². The highest BCUT2D eigenvalue weighted by atomic mass is 35.5. The summed E-state index contributed by atoms with van der Waals surface area (Å²) in [5.41, 5.74) is 1.29. The van der Waals surface area contributed by atoms with Crippen molar-refractivity contribution in [2.45, 2.75) is 19.4 Å². The molecular formula is C13H16ClNO4. The first kappa shape index (κ1) is 15.5. The molecule has 2 N–H and O–H groups in total. The van der Waals surface area contributed by atoms with Crippen LogP contribution in [-0.4, -0.2) is 36.7 Å². The normalized spacial score (nSPS) is 11.9. The van der Waals surface area contributed by atoms with Crippen molar-refractivity contribution in [2.75, 3.05) is 13.7 Å². The van der Waals surface area contributed by atoms with Gasteiger partial charge >= 0.3 is 5.97 Å². The summed E-state index contributed by atoms with van der Waals surface area (Å²) in [6.45, 7) is 1.95. The Bertz CT molecular complexity index is 476. The second-order valence-electron chi connectivity index (χ2n) is 4.13. The van der Waals surface area contributed by atoms with Crippen molar-refractivity contribution in [3.05, 3.63) is 34.3 Å². The topological polar surface area (TPSA) is 75.6 Å². The molecule has 5 nitrogen and oxygen atoms in total. The number of amides is 1. The van der Waals surface area contributed by atoms with Crippen LogP contribution in [0.2, 0.25) is 5.02 Å². The van der Waals surface area contributed by atoms with Crippen molar-refractivity contribution in [1.29, 1.82) is 0 Å². The monoisotopic (exact) mass is 285 g/mol. The third kappa shape index (κ3) is 4.89. The Balaban J connectivity index is 2.59. The Hall–Kier alpha value is -1.59. The van der Waals surface area contributed by atoms with Gasteiger partial charge in [0.15, 0.2) is 0 Å². The van der Waals surface area contributed by atoms with Gasteiger partial charge in [-0.25, -0.2) is 0 Å². The van der Waals surface area contributed by atoms with Gasteiger partial charge in [0.25, 0.3) is 5.91 Å². The zero-order valence-electron chi connectivity index (χ0n) is 10.8. The first-order valence-electron chi connectivity index (χ1n) is 5.73. The number of hydrogen-bond acceptors (Lipinski definition) is 3. The van der Waals surface area contributed by atoms with Crippen LogP contribution < -0.4 is 5.32 Å². The lowest BCUT2D eigenvalue weighted by atomic mass is 10.1. The van der Waals surface area contributed by atoms with E-state index in [1.54, 1.807) is 18.2 Å². The number of carboxylic acids is 1. The van der Waals surface area contributed by atoms with E-state index in [9.17, 15) is 9.59 Å². The lowest BCUT2D eigenvalue weighted by Gasteiger charge is -2.14. The lowest BCUT2D eigenvalue weighted by molar-refractivity contribution is -0.139. The second kappa shape index (κ2) is 7.11. The molecule has 0 radical (unpaired) electrons. The Morgan fingerprint density at radius 3 is 2.68 bits per heavy atom. The molecule has 6 heteroatoms. The highest BCUT2D eigenvalue weighted by Crippen LogP contribution is 2.16. The Morgan fingerprint density at radius 2 is 2.16 bits per heavy atom. The summed E-state index contributed by atoms with van der Waals surface area (Å²) in [5, 5.41) is 11.9. The van der Waals surface area contributed by atoms with E-state index in [-0.39, 0.29) is 18.9 Å². The summed E-state index contributed by atoms with van der Waals surface area (Å²) < 4.78 is 4.97. The van der Waals surface area contributed by atoms with Gasteiger partial charge in [-0.05, 0) is 30.7 Å². The fourth-order valence-electron chi connectivity index (χ4n) is 1.53. The van der Waals surface area contributed by atoms with Crippen LogP contribution in [0.1, 0.15) is 22.3 Å². The summed E-state index contributed by atoms with van der Waals surface area (Å²) >= 11 is 5.88. The van der Waals surface area contributed by atoms with Gasteiger partial charge < -0.3 is 15.2 Å². The van der Waals surface area contributed by atoms with E-state index in [0.29, 0.717) is 10.6 Å². The third-order valence-electron chi connectivity index (χ3n) is 2.65. The molecule has 1 aromatic rings. The minimum atomic E-state index is -0.969. The SMILES string of the molecule is COC(CNC(=O)c1ccc(Cl)c(C)c1)CC(=O)O.